The van der Waals surface area contributed by atoms with Crippen molar-refractivity contribution >= 4 is 21.8 Å². The van der Waals surface area contributed by atoms with Crippen LogP contribution in [0.25, 0.3) is 0 Å². The molecule has 3 nitrogen and oxygen atoms in total. The van der Waals surface area contributed by atoms with Crippen LogP contribution in [-0.2, 0) is 4.79 Å². The van der Waals surface area contributed by atoms with Gasteiger partial charge in [0.05, 0.1) is 17.5 Å². The molecule has 1 amide bonds. The first kappa shape index (κ1) is 9.00. The second-order valence-electron chi connectivity index (χ2n) is 2.97. The van der Waals surface area contributed by atoms with Crippen LogP contribution in [0.4, 0.5) is 0 Å². The van der Waals surface area contributed by atoms with Gasteiger partial charge in [-0.05, 0) is 19.3 Å². The minimum absolute atomic E-state index is 0.0428. The van der Waals surface area contributed by atoms with Crippen LogP contribution in [0.2, 0.25) is 0 Å². The van der Waals surface area contributed by atoms with E-state index in [4.69, 9.17) is 5.11 Å². The Bertz CT molecular complexity index is 151. The number of amides is 1. The topological polar surface area (TPSA) is 49.3 Å². The monoisotopic (exact) mass is 221 g/mol. The third-order valence-corrected chi connectivity index (χ3v) is 2.65. The zero-order valence-electron chi connectivity index (χ0n) is 6.27. The number of aliphatic hydroxyl groups is 1. The number of carbonyl (C=O) groups is 1. The van der Waals surface area contributed by atoms with Gasteiger partial charge in [-0.3, -0.25) is 4.79 Å². The van der Waals surface area contributed by atoms with E-state index in [-0.39, 0.29) is 18.1 Å². The summed E-state index contributed by atoms with van der Waals surface area (Å²) in [6.45, 7) is 0.0613. The average molecular weight is 222 g/mol. The van der Waals surface area contributed by atoms with E-state index in [2.05, 4.69) is 21.2 Å². The first-order chi connectivity index (χ1) is 5.22. The molecule has 0 aromatic heterocycles. The molecule has 2 N–H and O–H groups in total. The minimum atomic E-state index is -0.287. The normalized spacial score (nSPS) is 20.5. The fourth-order valence-electron chi connectivity index (χ4n) is 1.26. The van der Waals surface area contributed by atoms with E-state index in [1.807, 2.05) is 0 Å². The van der Waals surface area contributed by atoms with Crippen molar-refractivity contribution in [2.45, 2.75) is 24.8 Å². The molecule has 0 atom stereocenters. The van der Waals surface area contributed by atoms with E-state index >= 15 is 0 Å². The lowest BCUT2D eigenvalue weighted by atomic mass is 9.77. The van der Waals surface area contributed by atoms with Gasteiger partial charge in [-0.25, -0.2) is 0 Å². The first-order valence-electron chi connectivity index (χ1n) is 3.70. The van der Waals surface area contributed by atoms with Crippen LogP contribution in [0.1, 0.15) is 19.3 Å². The van der Waals surface area contributed by atoms with E-state index in [9.17, 15) is 4.79 Å². The molecule has 0 aromatic rings. The Labute approximate surface area is 74.3 Å². The number of carbonyl (C=O) groups excluding carboxylic acids is 1. The molecule has 0 spiro atoms. The molecule has 0 aromatic carbocycles. The van der Waals surface area contributed by atoms with Crippen LogP contribution < -0.4 is 5.32 Å². The fourth-order valence-corrected chi connectivity index (χ4v) is 1.40. The summed E-state index contributed by atoms with van der Waals surface area (Å²) in [6.07, 6.45) is 2.91. The Kier molecular flexibility index (Phi) is 2.90. The van der Waals surface area contributed by atoms with E-state index in [0.717, 1.165) is 19.3 Å². The highest BCUT2D eigenvalue weighted by Crippen LogP contribution is 2.30. The number of rotatable bonds is 3. The van der Waals surface area contributed by atoms with Gasteiger partial charge in [-0.2, -0.15) is 0 Å². The first-order valence-corrected chi connectivity index (χ1v) is 4.82. The van der Waals surface area contributed by atoms with Gasteiger partial charge in [0.1, 0.15) is 0 Å². The van der Waals surface area contributed by atoms with Crippen molar-refractivity contribution in [2.75, 3.05) is 11.9 Å². The van der Waals surface area contributed by atoms with Gasteiger partial charge in [0, 0.05) is 0 Å². The molecule has 1 fully saturated rings. The summed E-state index contributed by atoms with van der Waals surface area (Å²) in [5.74, 6) is -0.0428. The number of hydrogen-bond donors (Lipinski definition) is 2. The third-order valence-electron chi connectivity index (χ3n) is 2.14. The fraction of sp³-hybridized carbons (Fsp3) is 0.857. The maximum atomic E-state index is 10.9. The Balaban J connectivity index is 2.38. The van der Waals surface area contributed by atoms with Crippen molar-refractivity contribution in [1.29, 1.82) is 0 Å². The molecule has 1 aliphatic carbocycles. The molecule has 0 bridgehead atoms. The quantitative estimate of drug-likeness (QED) is 0.679. The maximum absolute atomic E-state index is 10.9. The Morgan fingerprint density at radius 2 is 2.27 bits per heavy atom. The standard InChI is InChI=1S/C7H12BrNO2/c8-4-6(11)9-7(5-10)2-1-3-7/h10H,1-5H2,(H,9,11). The van der Waals surface area contributed by atoms with Crippen LogP contribution >= 0.6 is 15.9 Å². The molecule has 11 heavy (non-hydrogen) atoms. The van der Waals surface area contributed by atoms with Gasteiger partial charge in [0.15, 0.2) is 0 Å². The van der Waals surface area contributed by atoms with Gasteiger partial charge >= 0.3 is 0 Å². The van der Waals surface area contributed by atoms with Crippen LogP contribution in [0.3, 0.4) is 0 Å². The Morgan fingerprint density at radius 3 is 2.55 bits per heavy atom. The van der Waals surface area contributed by atoms with Crippen molar-refractivity contribution in [3.63, 3.8) is 0 Å². The maximum Gasteiger partial charge on any atom is 0.231 e. The summed E-state index contributed by atoms with van der Waals surface area (Å²) in [5, 5.41) is 12.1. The molecule has 0 unspecified atom stereocenters. The van der Waals surface area contributed by atoms with Gasteiger partial charge in [-0.1, -0.05) is 15.9 Å². The summed E-state index contributed by atoms with van der Waals surface area (Å²) in [4.78, 5) is 10.9. The number of aliphatic hydroxyl groups excluding tert-OH is 1. The number of halogens is 1. The molecule has 64 valence electrons. The molecule has 0 heterocycles. The van der Waals surface area contributed by atoms with E-state index in [0.29, 0.717) is 5.33 Å². The summed E-state index contributed by atoms with van der Waals surface area (Å²) in [7, 11) is 0. The highest BCUT2D eigenvalue weighted by atomic mass is 79.9. The molecule has 1 saturated carbocycles. The summed E-state index contributed by atoms with van der Waals surface area (Å²) in [6, 6.07) is 0. The summed E-state index contributed by atoms with van der Waals surface area (Å²) < 4.78 is 0. The second-order valence-corrected chi connectivity index (χ2v) is 3.53. The van der Waals surface area contributed by atoms with E-state index in [1.54, 1.807) is 0 Å². The van der Waals surface area contributed by atoms with Crippen LogP contribution in [0.5, 0.6) is 0 Å². The molecule has 0 radical (unpaired) electrons. The van der Waals surface area contributed by atoms with Crippen molar-refractivity contribution in [2.24, 2.45) is 0 Å². The zero-order valence-corrected chi connectivity index (χ0v) is 7.85. The second kappa shape index (κ2) is 3.54. The molecule has 4 heteroatoms. The average Bonchev–Trinajstić information content (AvgIpc) is 1.96. The summed E-state index contributed by atoms with van der Waals surface area (Å²) in [5.41, 5.74) is -0.287. The van der Waals surface area contributed by atoms with Gasteiger partial charge in [-0.15, -0.1) is 0 Å². The third kappa shape index (κ3) is 1.93. The summed E-state index contributed by atoms with van der Waals surface area (Å²) >= 11 is 3.06. The van der Waals surface area contributed by atoms with Gasteiger partial charge in [0.2, 0.25) is 5.91 Å². The van der Waals surface area contributed by atoms with Crippen LogP contribution in [-0.4, -0.2) is 28.5 Å². The lowest BCUT2D eigenvalue weighted by molar-refractivity contribution is -0.122. The Morgan fingerprint density at radius 1 is 1.64 bits per heavy atom. The van der Waals surface area contributed by atoms with Crippen molar-refractivity contribution in [3.05, 3.63) is 0 Å². The van der Waals surface area contributed by atoms with Crippen molar-refractivity contribution in [3.8, 4) is 0 Å². The highest BCUT2D eigenvalue weighted by Gasteiger charge is 2.37. The van der Waals surface area contributed by atoms with Crippen molar-refractivity contribution < 1.29 is 9.90 Å². The van der Waals surface area contributed by atoms with Crippen LogP contribution in [0.15, 0.2) is 0 Å². The number of alkyl halides is 1. The lowest BCUT2D eigenvalue weighted by Crippen LogP contribution is -2.56. The van der Waals surface area contributed by atoms with E-state index in [1.165, 1.54) is 0 Å². The SMILES string of the molecule is O=C(CBr)NC1(CO)CCC1. The van der Waals surface area contributed by atoms with Gasteiger partial charge in [0.25, 0.3) is 0 Å². The lowest BCUT2D eigenvalue weighted by Gasteiger charge is -2.40. The van der Waals surface area contributed by atoms with E-state index < -0.39 is 0 Å². The van der Waals surface area contributed by atoms with Gasteiger partial charge < -0.3 is 10.4 Å². The molecular formula is C7H12BrNO2. The molecule has 0 saturated heterocycles. The predicted octanol–water partition coefficient (Wildman–Crippen LogP) is 0.412. The predicted molar refractivity (Wildman–Crippen MR) is 45.6 cm³/mol. The largest absolute Gasteiger partial charge is 0.394 e. The minimum Gasteiger partial charge on any atom is -0.394 e. The highest BCUT2D eigenvalue weighted by molar-refractivity contribution is 9.09. The van der Waals surface area contributed by atoms with Crippen molar-refractivity contribution in [1.82, 2.24) is 5.32 Å². The zero-order chi connectivity index (χ0) is 8.32. The Hall–Kier alpha value is -0.0900. The molecule has 1 aliphatic rings. The smallest absolute Gasteiger partial charge is 0.231 e. The molecule has 0 aliphatic heterocycles. The number of hydrogen-bond acceptors (Lipinski definition) is 2. The molecule has 1 rings (SSSR count). The number of nitrogens with one attached hydrogen (secondary N) is 1. The molecular weight excluding hydrogens is 210 g/mol. The van der Waals surface area contributed by atoms with Crippen LogP contribution in [0, 0.1) is 0 Å².